The zero-order valence-corrected chi connectivity index (χ0v) is 16.1. The van der Waals surface area contributed by atoms with Crippen molar-refractivity contribution in [2.24, 2.45) is 0 Å². The standard InChI is InChI=1S/C20H25N7O/c1-15-18(20(28)23-9-4-12-26-13-10-21-11-14-26)24-25-27(15)17-7-2-5-16-6-3-8-22-19(16)17/h2-3,5-8,21H,4,9-14H2,1H3,(H,23,28). The highest BCUT2D eigenvalue weighted by atomic mass is 16.2. The molecule has 4 rings (SSSR count). The average molecular weight is 379 g/mol. The van der Waals surface area contributed by atoms with Gasteiger partial charge >= 0.3 is 0 Å². The molecule has 2 aromatic heterocycles. The van der Waals surface area contributed by atoms with Crippen LogP contribution in [0.3, 0.4) is 0 Å². The first kappa shape index (κ1) is 18.5. The van der Waals surface area contributed by atoms with Gasteiger partial charge in [0, 0.05) is 44.3 Å². The third-order valence-corrected chi connectivity index (χ3v) is 5.10. The van der Waals surface area contributed by atoms with E-state index in [4.69, 9.17) is 0 Å². The van der Waals surface area contributed by atoms with Gasteiger partial charge in [-0.15, -0.1) is 5.10 Å². The van der Waals surface area contributed by atoms with Crippen molar-refractivity contribution in [3.63, 3.8) is 0 Å². The van der Waals surface area contributed by atoms with Crippen molar-refractivity contribution in [3.05, 3.63) is 47.9 Å². The van der Waals surface area contributed by atoms with Gasteiger partial charge in [0.05, 0.1) is 16.9 Å². The number of carbonyl (C=O) groups is 1. The molecule has 1 aliphatic heterocycles. The second kappa shape index (κ2) is 8.45. The molecule has 1 aliphatic rings. The molecule has 8 nitrogen and oxygen atoms in total. The Morgan fingerprint density at radius 3 is 2.89 bits per heavy atom. The van der Waals surface area contributed by atoms with Gasteiger partial charge in [0.2, 0.25) is 0 Å². The van der Waals surface area contributed by atoms with Crippen LogP contribution in [0.1, 0.15) is 22.6 Å². The zero-order chi connectivity index (χ0) is 19.3. The van der Waals surface area contributed by atoms with Crippen molar-refractivity contribution >= 4 is 16.8 Å². The van der Waals surface area contributed by atoms with Gasteiger partial charge in [0.1, 0.15) is 0 Å². The molecule has 3 heterocycles. The molecule has 0 atom stereocenters. The first-order chi connectivity index (χ1) is 13.7. The van der Waals surface area contributed by atoms with E-state index in [-0.39, 0.29) is 5.91 Å². The highest BCUT2D eigenvalue weighted by Crippen LogP contribution is 2.21. The number of nitrogens with zero attached hydrogens (tertiary/aromatic N) is 5. The van der Waals surface area contributed by atoms with Crippen molar-refractivity contribution in [1.29, 1.82) is 0 Å². The first-order valence-electron chi connectivity index (χ1n) is 9.72. The van der Waals surface area contributed by atoms with Crippen molar-refractivity contribution in [1.82, 2.24) is 35.5 Å². The van der Waals surface area contributed by atoms with Gasteiger partial charge in [-0.05, 0) is 32.0 Å². The molecular weight excluding hydrogens is 354 g/mol. The number of carbonyl (C=O) groups excluding carboxylic acids is 1. The topological polar surface area (TPSA) is 88.0 Å². The quantitative estimate of drug-likeness (QED) is 0.625. The first-order valence-corrected chi connectivity index (χ1v) is 9.72. The van der Waals surface area contributed by atoms with Gasteiger partial charge < -0.3 is 15.5 Å². The Bertz CT molecular complexity index is 957. The summed E-state index contributed by atoms with van der Waals surface area (Å²) in [4.78, 5) is 19.4. The molecule has 2 N–H and O–H groups in total. The van der Waals surface area contributed by atoms with Crippen LogP contribution < -0.4 is 10.6 Å². The third kappa shape index (κ3) is 3.88. The van der Waals surface area contributed by atoms with Crippen LogP contribution >= 0.6 is 0 Å². The highest BCUT2D eigenvalue weighted by molar-refractivity contribution is 5.93. The van der Waals surface area contributed by atoms with Crippen LogP contribution in [0.4, 0.5) is 0 Å². The Morgan fingerprint density at radius 2 is 2.04 bits per heavy atom. The fraction of sp³-hybridized carbons (Fsp3) is 0.400. The van der Waals surface area contributed by atoms with E-state index in [1.807, 2.05) is 37.3 Å². The number of fused-ring (bicyclic) bond motifs is 1. The lowest BCUT2D eigenvalue weighted by atomic mass is 10.2. The van der Waals surface area contributed by atoms with E-state index in [0.717, 1.165) is 55.7 Å². The minimum Gasteiger partial charge on any atom is -0.351 e. The van der Waals surface area contributed by atoms with Crippen LogP contribution in [0.15, 0.2) is 36.5 Å². The number of hydrogen-bond donors (Lipinski definition) is 2. The number of hydrogen-bond acceptors (Lipinski definition) is 6. The monoisotopic (exact) mass is 379 g/mol. The van der Waals surface area contributed by atoms with Crippen LogP contribution in [0.25, 0.3) is 16.6 Å². The molecular formula is C20H25N7O. The summed E-state index contributed by atoms with van der Waals surface area (Å²) < 4.78 is 1.69. The van der Waals surface area contributed by atoms with Crippen LogP contribution in [0.5, 0.6) is 0 Å². The molecule has 0 bridgehead atoms. The molecule has 1 aromatic carbocycles. The summed E-state index contributed by atoms with van der Waals surface area (Å²) in [7, 11) is 0. The van der Waals surface area contributed by atoms with E-state index < -0.39 is 0 Å². The smallest absolute Gasteiger partial charge is 0.273 e. The predicted molar refractivity (Wildman–Crippen MR) is 108 cm³/mol. The molecule has 1 amide bonds. The molecule has 0 aliphatic carbocycles. The number of nitrogens with one attached hydrogen (secondary N) is 2. The van der Waals surface area contributed by atoms with Crippen molar-refractivity contribution in [3.8, 4) is 5.69 Å². The summed E-state index contributed by atoms with van der Waals surface area (Å²) >= 11 is 0. The highest BCUT2D eigenvalue weighted by Gasteiger charge is 2.18. The molecule has 3 aromatic rings. The molecule has 8 heteroatoms. The molecule has 28 heavy (non-hydrogen) atoms. The number of benzene rings is 1. The Hall–Kier alpha value is -2.84. The Kier molecular flexibility index (Phi) is 5.59. The predicted octanol–water partition coefficient (Wildman–Crippen LogP) is 1.15. The van der Waals surface area contributed by atoms with Gasteiger partial charge in [0.25, 0.3) is 5.91 Å². The number of aromatic nitrogens is 4. The van der Waals surface area contributed by atoms with Crippen LogP contribution in [0, 0.1) is 6.92 Å². The number of piperazine rings is 1. The van der Waals surface area contributed by atoms with E-state index >= 15 is 0 Å². The second-order valence-corrected chi connectivity index (χ2v) is 6.99. The van der Waals surface area contributed by atoms with Gasteiger partial charge in [0.15, 0.2) is 5.69 Å². The minimum atomic E-state index is -0.183. The Balaban J connectivity index is 1.42. The summed E-state index contributed by atoms with van der Waals surface area (Å²) in [5, 5.41) is 15.7. The largest absolute Gasteiger partial charge is 0.351 e. The maximum Gasteiger partial charge on any atom is 0.273 e. The SMILES string of the molecule is Cc1c(C(=O)NCCCN2CCNCC2)nnn1-c1cccc2cccnc12. The fourth-order valence-corrected chi connectivity index (χ4v) is 3.55. The van der Waals surface area contributed by atoms with E-state index in [9.17, 15) is 4.79 Å². The average Bonchev–Trinajstić information content (AvgIpc) is 3.12. The summed E-state index contributed by atoms with van der Waals surface area (Å²) in [6.07, 6.45) is 2.68. The van der Waals surface area contributed by atoms with Gasteiger partial charge in [-0.1, -0.05) is 23.4 Å². The lowest BCUT2D eigenvalue weighted by Crippen LogP contribution is -2.44. The van der Waals surface area contributed by atoms with Gasteiger partial charge in [-0.25, -0.2) is 4.68 Å². The molecule has 1 fully saturated rings. The number of amides is 1. The van der Waals surface area contributed by atoms with Gasteiger partial charge in [-0.3, -0.25) is 9.78 Å². The number of rotatable bonds is 6. The minimum absolute atomic E-state index is 0.183. The molecule has 0 radical (unpaired) electrons. The summed E-state index contributed by atoms with van der Waals surface area (Å²) in [5.74, 6) is -0.183. The molecule has 0 spiro atoms. The lowest BCUT2D eigenvalue weighted by molar-refractivity contribution is 0.0945. The molecule has 0 saturated carbocycles. The van der Waals surface area contributed by atoms with E-state index in [2.05, 4.69) is 30.8 Å². The number of para-hydroxylation sites is 1. The number of pyridine rings is 1. The second-order valence-electron chi connectivity index (χ2n) is 6.99. The van der Waals surface area contributed by atoms with E-state index in [1.165, 1.54) is 0 Å². The van der Waals surface area contributed by atoms with Crippen molar-refractivity contribution in [2.45, 2.75) is 13.3 Å². The third-order valence-electron chi connectivity index (χ3n) is 5.10. The zero-order valence-electron chi connectivity index (χ0n) is 16.1. The summed E-state index contributed by atoms with van der Waals surface area (Å²) in [6.45, 7) is 7.70. The maximum absolute atomic E-state index is 12.6. The van der Waals surface area contributed by atoms with Crippen molar-refractivity contribution in [2.75, 3.05) is 39.3 Å². The summed E-state index contributed by atoms with van der Waals surface area (Å²) in [5.41, 5.74) is 2.72. The molecule has 0 unspecified atom stereocenters. The fourth-order valence-electron chi connectivity index (χ4n) is 3.55. The van der Waals surface area contributed by atoms with Crippen LogP contribution in [0.2, 0.25) is 0 Å². The van der Waals surface area contributed by atoms with Crippen LogP contribution in [-0.4, -0.2) is 70.1 Å². The Labute approximate surface area is 163 Å². The summed E-state index contributed by atoms with van der Waals surface area (Å²) in [6, 6.07) is 9.80. The van der Waals surface area contributed by atoms with Gasteiger partial charge in [-0.2, -0.15) is 0 Å². The van der Waals surface area contributed by atoms with E-state index in [0.29, 0.717) is 17.9 Å². The maximum atomic E-state index is 12.6. The van der Waals surface area contributed by atoms with Crippen molar-refractivity contribution < 1.29 is 4.79 Å². The van der Waals surface area contributed by atoms with Crippen LogP contribution in [-0.2, 0) is 0 Å². The normalized spacial score (nSPS) is 15.0. The van der Waals surface area contributed by atoms with E-state index in [1.54, 1.807) is 10.9 Å². The molecule has 1 saturated heterocycles. The lowest BCUT2D eigenvalue weighted by Gasteiger charge is -2.26. The Morgan fingerprint density at radius 1 is 1.21 bits per heavy atom. The molecule has 146 valence electrons.